The van der Waals surface area contributed by atoms with Crippen molar-refractivity contribution in [1.29, 1.82) is 0 Å². The third-order valence-electron chi connectivity index (χ3n) is 3.27. The highest BCUT2D eigenvalue weighted by atomic mass is 79.9. The summed E-state index contributed by atoms with van der Waals surface area (Å²) in [6.45, 7) is 2.52. The normalized spacial score (nSPS) is 10.6. The van der Waals surface area contributed by atoms with Crippen LogP contribution in [0.5, 0.6) is 0 Å². The molecule has 2 aromatic rings. The van der Waals surface area contributed by atoms with Gasteiger partial charge in [-0.2, -0.15) is 5.10 Å². The number of nitrogens with one attached hydrogen (secondary N) is 1. The smallest absolute Gasteiger partial charge is 0.271 e. The third kappa shape index (κ3) is 4.72. The second-order valence-electron chi connectivity index (χ2n) is 5.05. The Morgan fingerprint density at radius 3 is 2.87 bits per heavy atom. The average molecular weight is 382 g/mol. The number of hydrogen-bond acceptors (Lipinski definition) is 3. The minimum Gasteiger partial charge on any atom is -0.346 e. The van der Waals surface area contributed by atoms with Crippen molar-refractivity contribution in [3.05, 3.63) is 62.2 Å². The van der Waals surface area contributed by atoms with Gasteiger partial charge in [0, 0.05) is 29.2 Å². The molecular weight excluding hydrogens is 365 g/mol. The topological polar surface area (TPSA) is 64.0 Å². The number of amides is 1. The highest BCUT2D eigenvalue weighted by Gasteiger charge is 2.11. The molecule has 0 spiro atoms. The summed E-state index contributed by atoms with van der Waals surface area (Å²) >= 11 is 3.26. The second kappa shape index (κ2) is 8.01. The van der Waals surface area contributed by atoms with Gasteiger partial charge in [-0.15, -0.1) is 0 Å². The summed E-state index contributed by atoms with van der Waals surface area (Å²) in [6.07, 6.45) is 1.73. The van der Waals surface area contributed by atoms with Crippen molar-refractivity contribution in [2.24, 2.45) is 0 Å². The van der Waals surface area contributed by atoms with Gasteiger partial charge >= 0.3 is 0 Å². The summed E-state index contributed by atoms with van der Waals surface area (Å²) < 4.78 is 15.7. The lowest BCUT2D eigenvalue weighted by Gasteiger charge is -2.08. The van der Waals surface area contributed by atoms with Gasteiger partial charge in [0.25, 0.3) is 11.5 Å². The summed E-state index contributed by atoms with van der Waals surface area (Å²) in [6, 6.07) is 7.21. The van der Waals surface area contributed by atoms with E-state index in [2.05, 4.69) is 26.3 Å². The number of halogens is 2. The molecule has 0 saturated heterocycles. The molecular formula is C16H17BrFN3O2. The zero-order chi connectivity index (χ0) is 16.8. The summed E-state index contributed by atoms with van der Waals surface area (Å²) in [5, 5.41) is 6.66. The first kappa shape index (κ1) is 17.3. The number of nitrogens with zero attached hydrogens (tertiary/aromatic N) is 2. The maximum Gasteiger partial charge on any atom is 0.271 e. The van der Waals surface area contributed by atoms with Crippen LogP contribution in [0.3, 0.4) is 0 Å². The van der Waals surface area contributed by atoms with Gasteiger partial charge in [-0.25, -0.2) is 9.07 Å². The van der Waals surface area contributed by atoms with Crippen molar-refractivity contribution in [3.63, 3.8) is 0 Å². The Hall–Kier alpha value is -2.02. The molecule has 0 aliphatic rings. The Bertz CT molecular complexity index is 761. The number of carbonyl (C=O) groups is 1. The second-order valence-corrected chi connectivity index (χ2v) is 5.97. The molecule has 0 bridgehead atoms. The van der Waals surface area contributed by atoms with Gasteiger partial charge in [0.15, 0.2) is 0 Å². The zero-order valence-corrected chi connectivity index (χ0v) is 14.3. The summed E-state index contributed by atoms with van der Waals surface area (Å²) in [5.41, 5.74) is 0.260. The Kier molecular flexibility index (Phi) is 6.04. The van der Waals surface area contributed by atoms with Crippen LogP contribution >= 0.6 is 15.9 Å². The molecule has 2 rings (SSSR count). The van der Waals surface area contributed by atoms with Crippen molar-refractivity contribution in [3.8, 4) is 0 Å². The Morgan fingerprint density at radius 2 is 2.13 bits per heavy atom. The Balaban J connectivity index is 2.08. The molecule has 0 atom stereocenters. The van der Waals surface area contributed by atoms with Crippen molar-refractivity contribution in [1.82, 2.24) is 15.1 Å². The van der Waals surface area contributed by atoms with E-state index < -0.39 is 11.7 Å². The van der Waals surface area contributed by atoms with E-state index in [1.54, 1.807) is 12.1 Å². The van der Waals surface area contributed by atoms with Crippen molar-refractivity contribution >= 4 is 21.8 Å². The lowest BCUT2D eigenvalue weighted by molar-refractivity contribution is 0.0943. The molecule has 1 aromatic heterocycles. The van der Waals surface area contributed by atoms with Gasteiger partial charge in [-0.05, 0) is 30.7 Å². The summed E-state index contributed by atoms with van der Waals surface area (Å²) in [5.74, 6) is -0.844. The molecule has 0 saturated carbocycles. The standard InChI is InChI=1S/C16H17BrFN3O2/c1-2-3-8-21-15(22)7-6-14(20-21)16(23)19-10-11-9-12(17)4-5-13(11)18/h4-7,9H,2-3,8,10H2,1H3,(H,19,23). The van der Waals surface area contributed by atoms with Crippen molar-refractivity contribution in [2.45, 2.75) is 32.9 Å². The Labute approximate surface area is 141 Å². The predicted molar refractivity (Wildman–Crippen MR) is 88.7 cm³/mol. The molecule has 1 amide bonds. The van der Waals surface area contributed by atoms with E-state index >= 15 is 0 Å². The SMILES string of the molecule is CCCCn1nc(C(=O)NCc2cc(Br)ccc2F)ccc1=O. The first-order chi connectivity index (χ1) is 11.0. The van der Waals surface area contributed by atoms with Crippen molar-refractivity contribution < 1.29 is 9.18 Å². The number of hydrogen-bond donors (Lipinski definition) is 1. The average Bonchev–Trinajstić information content (AvgIpc) is 2.54. The van der Waals surface area contributed by atoms with Gasteiger partial charge in [0.1, 0.15) is 11.5 Å². The number of rotatable bonds is 6. The maximum absolute atomic E-state index is 13.6. The van der Waals surface area contributed by atoms with Crippen LogP contribution in [0.15, 0.2) is 39.6 Å². The van der Waals surface area contributed by atoms with Crippen LogP contribution in [0.4, 0.5) is 4.39 Å². The van der Waals surface area contributed by atoms with E-state index in [9.17, 15) is 14.0 Å². The fraction of sp³-hybridized carbons (Fsp3) is 0.312. The number of carbonyl (C=O) groups excluding carboxylic acids is 1. The van der Waals surface area contributed by atoms with E-state index in [0.717, 1.165) is 17.3 Å². The fourth-order valence-corrected chi connectivity index (χ4v) is 2.39. The van der Waals surface area contributed by atoms with Crippen LogP contribution in [-0.4, -0.2) is 15.7 Å². The van der Waals surface area contributed by atoms with E-state index in [1.807, 2.05) is 6.92 Å². The highest BCUT2D eigenvalue weighted by molar-refractivity contribution is 9.10. The van der Waals surface area contributed by atoms with Crippen LogP contribution in [0.2, 0.25) is 0 Å². The zero-order valence-electron chi connectivity index (χ0n) is 12.7. The van der Waals surface area contributed by atoms with Crippen LogP contribution in [0.1, 0.15) is 35.8 Å². The number of unbranched alkanes of at least 4 members (excludes halogenated alkanes) is 1. The highest BCUT2D eigenvalue weighted by Crippen LogP contribution is 2.15. The molecule has 0 aliphatic carbocycles. The van der Waals surface area contributed by atoms with Crippen LogP contribution in [0, 0.1) is 5.82 Å². The maximum atomic E-state index is 13.6. The van der Waals surface area contributed by atoms with Crippen LogP contribution in [-0.2, 0) is 13.1 Å². The lowest BCUT2D eigenvalue weighted by atomic mass is 10.2. The summed E-state index contributed by atoms with van der Waals surface area (Å²) in [7, 11) is 0. The van der Waals surface area contributed by atoms with E-state index in [0.29, 0.717) is 12.1 Å². The molecule has 122 valence electrons. The van der Waals surface area contributed by atoms with Gasteiger partial charge in [0.2, 0.25) is 0 Å². The molecule has 1 N–H and O–H groups in total. The van der Waals surface area contributed by atoms with E-state index in [4.69, 9.17) is 0 Å². The molecule has 0 unspecified atom stereocenters. The minimum atomic E-state index is -0.449. The van der Waals surface area contributed by atoms with E-state index in [-0.39, 0.29) is 17.8 Å². The molecule has 1 heterocycles. The quantitative estimate of drug-likeness (QED) is 0.836. The van der Waals surface area contributed by atoms with Crippen LogP contribution < -0.4 is 10.9 Å². The van der Waals surface area contributed by atoms with Gasteiger partial charge in [-0.1, -0.05) is 29.3 Å². The van der Waals surface area contributed by atoms with Gasteiger partial charge in [-0.3, -0.25) is 9.59 Å². The number of aryl methyl sites for hydroxylation is 1. The molecule has 0 fully saturated rings. The molecule has 5 nitrogen and oxygen atoms in total. The fourth-order valence-electron chi connectivity index (χ4n) is 1.98. The lowest BCUT2D eigenvalue weighted by Crippen LogP contribution is -2.29. The molecule has 23 heavy (non-hydrogen) atoms. The van der Waals surface area contributed by atoms with Crippen LogP contribution in [0.25, 0.3) is 0 Å². The molecule has 7 heteroatoms. The molecule has 0 aliphatic heterocycles. The van der Waals surface area contributed by atoms with Gasteiger partial charge < -0.3 is 5.32 Å². The molecule has 1 aromatic carbocycles. The number of aromatic nitrogens is 2. The number of benzene rings is 1. The third-order valence-corrected chi connectivity index (χ3v) is 3.76. The minimum absolute atomic E-state index is 0.0415. The molecule has 0 radical (unpaired) electrons. The summed E-state index contributed by atoms with van der Waals surface area (Å²) in [4.78, 5) is 23.8. The van der Waals surface area contributed by atoms with E-state index in [1.165, 1.54) is 22.9 Å². The Morgan fingerprint density at radius 1 is 1.35 bits per heavy atom. The largest absolute Gasteiger partial charge is 0.346 e. The first-order valence-electron chi connectivity index (χ1n) is 7.31. The predicted octanol–water partition coefficient (Wildman–Crippen LogP) is 2.88. The monoisotopic (exact) mass is 381 g/mol. The van der Waals surface area contributed by atoms with Gasteiger partial charge in [0.05, 0.1) is 0 Å². The van der Waals surface area contributed by atoms with Crippen molar-refractivity contribution in [2.75, 3.05) is 0 Å². The first-order valence-corrected chi connectivity index (χ1v) is 8.11.